The first-order valence-corrected chi connectivity index (χ1v) is 8.77. The van der Waals surface area contributed by atoms with E-state index in [-0.39, 0.29) is 5.91 Å². The molecule has 2 rings (SSSR count). The van der Waals surface area contributed by atoms with Gasteiger partial charge in [-0.1, -0.05) is 0 Å². The minimum atomic E-state index is -1.02. The predicted molar refractivity (Wildman–Crippen MR) is 87.1 cm³/mol. The Kier molecular flexibility index (Phi) is 6.28. The van der Waals surface area contributed by atoms with Crippen molar-refractivity contribution in [2.45, 2.75) is 0 Å². The number of aliphatic carboxylic acids is 1. The van der Waals surface area contributed by atoms with Crippen molar-refractivity contribution in [3.8, 4) is 0 Å². The van der Waals surface area contributed by atoms with Gasteiger partial charge in [-0.3, -0.25) is 9.69 Å². The summed E-state index contributed by atoms with van der Waals surface area (Å²) in [6, 6.07) is 1.75. The summed E-state index contributed by atoms with van der Waals surface area (Å²) in [6.07, 6.45) is 2.50. The Morgan fingerprint density at radius 1 is 1.38 bits per heavy atom. The van der Waals surface area contributed by atoms with Crippen LogP contribution in [0.1, 0.15) is 15.2 Å². The molecule has 0 radical (unpaired) electrons. The van der Waals surface area contributed by atoms with Crippen LogP contribution in [-0.2, 0) is 4.79 Å². The summed E-state index contributed by atoms with van der Waals surface area (Å²) in [5.74, 6) is 1.16. The third kappa shape index (κ3) is 5.18. The van der Waals surface area contributed by atoms with Crippen LogP contribution in [0.2, 0.25) is 0 Å². The number of carbonyl (C=O) groups is 2. The molecule has 0 atom stereocenters. The zero-order valence-electron chi connectivity index (χ0n) is 11.6. The van der Waals surface area contributed by atoms with Gasteiger partial charge in [-0.15, -0.1) is 11.3 Å². The van der Waals surface area contributed by atoms with Crippen LogP contribution in [0.15, 0.2) is 17.5 Å². The lowest BCUT2D eigenvalue weighted by molar-refractivity contribution is -0.131. The van der Waals surface area contributed by atoms with Gasteiger partial charge >= 0.3 is 5.97 Å². The summed E-state index contributed by atoms with van der Waals surface area (Å²) in [5, 5.41) is 13.3. The molecule has 1 aliphatic rings. The van der Waals surface area contributed by atoms with Crippen molar-refractivity contribution in [1.29, 1.82) is 0 Å². The summed E-state index contributed by atoms with van der Waals surface area (Å²) in [7, 11) is 0. The highest BCUT2D eigenvalue weighted by molar-refractivity contribution is 7.99. The van der Waals surface area contributed by atoms with Crippen molar-refractivity contribution >= 4 is 41.1 Å². The van der Waals surface area contributed by atoms with E-state index >= 15 is 0 Å². The Labute approximate surface area is 132 Å². The highest BCUT2D eigenvalue weighted by Crippen LogP contribution is 2.18. The second kappa shape index (κ2) is 8.21. The van der Waals surface area contributed by atoms with E-state index in [1.54, 1.807) is 11.4 Å². The van der Waals surface area contributed by atoms with Crippen molar-refractivity contribution in [1.82, 2.24) is 10.2 Å². The van der Waals surface area contributed by atoms with Gasteiger partial charge in [0.1, 0.15) is 0 Å². The molecule has 0 aliphatic carbocycles. The van der Waals surface area contributed by atoms with Gasteiger partial charge in [0.15, 0.2) is 0 Å². The maximum absolute atomic E-state index is 12.1. The van der Waals surface area contributed by atoms with Crippen molar-refractivity contribution in [2.75, 3.05) is 37.7 Å². The number of amides is 1. The van der Waals surface area contributed by atoms with E-state index in [1.807, 2.05) is 11.8 Å². The van der Waals surface area contributed by atoms with Gasteiger partial charge in [-0.05, 0) is 23.1 Å². The third-order valence-electron chi connectivity index (χ3n) is 3.12. The van der Waals surface area contributed by atoms with Crippen LogP contribution in [0.5, 0.6) is 0 Å². The molecule has 1 amide bonds. The van der Waals surface area contributed by atoms with Gasteiger partial charge in [0.2, 0.25) is 0 Å². The van der Waals surface area contributed by atoms with Crippen LogP contribution in [0.4, 0.5) is 0 Å². The Hall–Kier alpha value is -1.31. The first-order chi connectivity index (χ1) is 10.2. The first-order valence-electron chi connectivity index (χ1n) is 6.73. The Bertz CT molecular complexity index is 522. The second-order valence-electron chi connectivity index (χ2n) is 4.59. The minimum Gasteiger partial charge on any atom is -0.478 e. The highest BCUT2D eigenvalue weighted by atomic mass is 32.2. The van der Waals surface area contributed by atoms with Crippen LogP contribution in [-0.4, -0.2) is 59.6 Å². The molecule has 1 aromatic rings. The fourth-order valence-corrected chi connectivity index (χ4v) is 3.81. The predicted octanol–water partition coefficient (Wildman–Crippen LogP) is 1.62. The molecule has 1 aliphatic heterocycles. The van der Waals surface area contributed by atoms with Crippen LogP contribution in [0.3, 0.4) is 0 Å². The van der Waals surface area contributed by atoms with Crippen LogP contribution in [0.25, 0.3) is 6.08 Å². The zero-order chi connectivity index (χ0) is 15.1. The number of hydrogen-bond donors (Lipinski definition) is 2. The normalized spacial score (nSPS) is 16.2. The van der Waals surface area contributed by atoms with E-state index in [9.17, 15) is 9.59 Å². The Balaban J connectivity index is 1.83. The topological polar surface area (TPSA) is 69.6 Å². The molecule has 0 bridgehead atoms. The van der Waals surface area contributed by atoms with Crippen molar-refractivity contribution in [3.05, 3.63) is 28.0 Å². The summed E-state index contributed by atoms with van der Waals surface area (Å²) < 4.78 is 0. The maximum Gasteiger partial charge on any atom is 0.328 e. The zero-order valence-corrected chi connectivity index (χ0v) is 13.2. The molecule has 21 heavy (non-hydrogen) atoms. The number of thioether (sulfide) groups is 1. The van der Waals surface area contributed by atoms with Gasteiger partial charge in [0, 0.05) is 43.8 Å². The number of carboxylic acids is 1. The van der Waals surface area contributed by atoms with Crippen LogP contribution >= 0.6 is 23.1 Å². The summed E-state index contributed by atoms with van der Waals surface area (Å²) >= 11 is 3.29. The molecular weight excluding hydrogens is 308 g/mol. The molecule has 2 N–H and O–H groups in total. The summed E-state index contributed by atoms with van der Waals surface area (Å²) in [6.45, 7) is 3.62. The van der Waals surface area contributed by atoms with E-state index in [0.717, 1.165) is 37.2 Å². The van der Waals surface area contributed by atoms with Crippen molar-refractivity contribution < 1.29 is 14.7 Å². The van der Waals surface area contributed by atoms with E-state index in [2.05, 4.69) is 10.2 Å². The lowest BCUT2D eigenvalue weighted by atomic mass is 10.2. The van der Waals surface area contributed by atoms with Crippen molar-refractivity contribution in [2.24, 2.45) is 0 Å². The quantitative estimate of drug-likeness (QED) is 0.778. The minimum absolute atomic E-state index is 0.138. The van der Waals surface area contributed by atoms with E-state index in [0.29, 0.717) is 17.0 Å². The van der Waals surface area contributed by atoms with E-state index < -0.39 is 5.97 Å². The molecule has 2 heterocycles. The first kappa shape index (κ1) is 16.1. The summed E-state index contributed by atoms with van der Waals surface area (Å²) in [4.78, 5) is 25.5. The number of hydrogen-bond acceptors (Lipinski definition) is 5. The Morgan fingerprint density at radius 2 is 2.14 bits per heavy atom. The van der Waals surface area contributed by atoms with Crippen LogP contribution in [0, 0.1) is 0 Å². The number of thiophene rings is 1. The number of carboxylic acid groups (broad SMARTS) is 1. The van der Waals surface area contributed by atoms with E-state index in [1.165, 1.54) is 17.4 Å². The van der Waals surface area contributed by atoms with E-state index in [4.69, 9.17) is 5.11 Å². The SMILES string of the molecule is O=C(O)/C=C/c1ccsc1C(=O)NCCN1CCSCC1. The molecule has 0 unspecified atom stereocenters. The molecule has 0 saturated carbocycles. The number of rotatable bonds is 6. The molecule has 1 fully saturated rings. The molecule has 1 aromatic heterocycles. The smallest absolute Gasteiger partial charge is 0.328 e. The van der Waals surface area contributed by atoms with Gasteiger partial charge in [-0.2, -0.15) is 11.8 Å². The number of carbonyl (C=O) groups excluding carboxylic acids is 1. The standard InChI is InChI=1S/C14H18N2O3S2/c17-12(18)2-1-11-3-8-21-13(11)14(19)15-4-5-16-6-9-20-10-7-16/h1-3,8H,4-7,9-10H2,(H,15,19)(H,17,18)/b2-1+. The fourth-order valence-electron chi connectivity index (χ4n) is 2.03. The van der Waals surface area contributed by atoms with Gasteiger partial charge in [-0.25, -0.2) is 4.79 Å². The van der Waals surface area contributed by atoms with Gasteiger partial charge < -0.3 is 10.4 Å². The number of nitrogens with one attached hydrogen (secondary N) is 1. The highest BCUT2D eigenvalue weighted by Gasteiger charge is 2.13. The fraction of sp³-hybridized carbons (Fsp3) is 0.429. The third-order valence-corrected chi connectivity index (χ3v) is 5.00. The van der Waals surface area contributed by atoms with Gasteiger partial charge in [0.05, 0.1) is 4.88 Å². The Morgan fingerprint density at radius 3 is 2.86 bits per heavy atom. The molecule has 5 nitrogen and oxygen atoms in total. The number of nitrogens with zero attached hydrogens (tertiary/aromatic N) is 1. The molecule has 0 spiro atoms. The average molecular weight is 326 g/mol. The summed E-state index contributed by atoms with van der Waals surface area (Å²) in [5.41, 5.74) is 0.647. The molecular formula is C14H18N2O3S2. The molecule has 0 aromatic carbocycles. The second-order valence-corrected chi connectivity index (χ2v) is 6.73. The maximum atomic E-state index is 12.1. The average Bonchev–Trinajstić information content (AvgIpc) is 2.94. The molecule has 114 valence electrons. The van der Waals surface area contributed by atoms with Crippen LogP contribution < -0.4 is 5.32 Å². The largest absolute Gasteiger partial charge is 0.478 e. The monoisotopic (exact) mass is 326 g/mol. The van der Waals surface area contributed by atoms with Crippen molar-refractivity contribution in [3.63, 3.8) is 0 Å². The lowest BCUT2D eigenvalue weighted by Crippen LogP contribution is -2.39. The molecule has 7 heteroatoms. The molecule has 1 saturated heterocycles. The van der Waals surface area contributed by atoms with Gasteiger partial charge in [0.25, 0.3) is 5.91 Å². The lowest BCUT2D eigenvalue weighted by Gasteiger charge is -2.25.